The number of ether oxygens (including phenoxy) is 1. The van der Waals surface area contributed by atoms with Gasteiger partial charge >= 0.3 is 6.09 Å². The second kappa shape index (κ2) is 8.77. The second-order valence-corrected chi connectivity index (χ2v) is 10.3. The van der Waals surface area contributed by atoms with Crippen LogP contribution in [0.25, 0.3) is 16.7 Å². The number of benzene rings is 1. The molecule has 9 nitrogen and oxygen atoms in total. The van der Waals surface area contributed by atoms with Gasteiger partial charge in [0.2, 0.25) is 0 Å². The van der Waals surface area contributed by atoms with E-state index in [0.717, 1.165) is 47.7 Å². The number of nitriles is 1. The maximum atomic E-state index is 12.7. The Bertz CT molecular complexity index is 1300. The number of nitrogens with zero attached hydrogens (tertiary/aromatic N) is 7. The molecule has 4 heterocycles. The summed E-state index contributed by atoms with van der Waals surface area (Å²) < 4.78 is 7.66. The van der Waals surface area contributed by atoms with Crippen LogP contribution in [0, 0.1) is 11.3 Å². The van der Waals surface area contributed by atoms with Gasteiger partial charge in [0.15, 0.2) is 5.65 Å². The number of amides is 1. The van der Waals surface area contributed by atoms with Crippen LogP contribution < -0.4 is 9.80 Å². The van der Waals surface area contributed by atoms with Crippen LogP contribution in [-0.4, -0.2) is 69.9 Å². The molecule has 0 aliphatic carbocycles. The fraction of sp³-hybridized carbons (Fsp3) is 0.462. The fourth-order valence-electron chi connectivity index (χ4n) is 4.73. The van der Waals surface area contributed by atoms with E-state index in [1.165, 1.54) is 0 Å². The topological polar surface area (TPSA) is 90.5 Å². The van der Waals surface area contributed by atoms with Crippen molar-refractivity contribution in [2.45, 2.75) is 45.8 Å². The Kier molecular flexibility index (Phi) is 5.75. The third kappa shape index (κ3) is 4.36. The van der Waals surface area contributed by atoms with Crippen molar-refractivity contribution in [3.05, 3.63) is 42.4 Å². The molecule has 0 unspecified atom stereocenters. The van der Waals surface area contributed by atoms with E-state index in [9.17, 15) is 10.1 Å². The first kappa shape index (κ1) is 23.0. The predicted molar refractivity (Wildman–Crippen MR) is 135 cm³/mol. The molecular formula is C26H31N7O2. The Hall–Kier alpha value is -3.80. The highest BCUT2D eigenvalue weighted by molar-refractivity contribution is 6.01. The minimum atomic E-state index is -0.523. The highest BCUT2D eigenvalue weighted by Crippen LogP contribution is 2.38. The number of piperazine rings is 1. The van der Waals surface area contributed by atoms with Gasteiger partial charge in [-0.05, 0) is 52.3 Å². The summed E-state index contributed by atoms with van der Waals surface area (Å²) in [6.45, 7) is 11.6. The molecule has 2 saturated heterocycles. The Labute approximate surface area is 205 Å². The Morgan fingerprint density at radius 3 is 2.60 bits per heavy atom. The van der Waals surface area contributed by atoms with Crippen molar-refractivity contribution < 1.29 is 9.53 Å². The summed E-state index contributed by atoms with van der Waals surface area (Å²) in [4.78, 5) is 28.5. The summed E-state index contributed by atoms with van der Waals surface area (Å²) in [5.41, 5.74) is 2.90. The molecule has 0 spiro atoms. The molecule has 1 aromatic carbocycles. The monoisotopic (exact) mass is 473 g/mol. The number of aromatic nitrogens is 3. The van der Waals surface area contributed by atoms with Crippen LogP contribution in [-0.2, 0) is 4.74 Å². The molecule has 5 rings (SSSR count). The predicted octanol–water partition coefficient (Wildman–Crippen LogP) is 3.95. The lowest BCUT2D eigenvalue weighted by Gasteiger charge is -2.41. The number of fused-ring (bicyclic) bond motifs is 1. The number of hydrogen-bond donors (Lipinski definition) is 0. The third-order valence-corrected chi connectivity index (χ3v) is 6.55. The van der Waals surface area contributed by atoms with E-state index in [2.05, 4.69) is 31.6 Å². The molecule has 1 amide bonds. The SMILES string of the molecule is C[C@@H]1CN(c2ncnc3c2c(N2CCC2)cn3-c2cccc(C#N)c2)CCN1C(=O)OC(C)(C)C. The molecule has 182 valence electrons. The normalized spacial score (nSPS) is 18.4. The summed E-state index contributed by atoms with van der Waals surface area (Å²) in [6, 6.07) is 9.76. The number of hydrogen-bond acceptors (Lipinski definition) is 7. The second-order valence-electron chi connectivity index (χ2n) is 10.3. The summed E-state index contributed by atoms with van der Waals surface area (Å²) in [5, 5.41) is 10.4. The van der Waals surface area contributed by atoms with Crippen molar-refractivity contribution in [1.82, 2.24) is 19.4 Å². The minimum Gasteiger partial charge on any atom is -0.444 e. The lowest BCUT2D eigenvalue weighted by molar-refractivity contribution is 0.0159. The Morgan fingerprint density at radius 2 is 1.94 bits per heavy atom. The highest BCUT2D eigenvalue weighted by atomic mass is 16.6. The summed E-state index contributed by atoms with van der Waals surface area (Å²) >= 11 is 0. The van der Waals surface area contributed by atoms with Crippen LogP contribution in [0.5, 0.6) is 0 Å². The van der Waals surface area contributed by atoms with Gasteiger partial charge in [-0.1, -0.05) is 6.07 Å². The molecule has 2 aliphatic heterocycles. The lowest BCUT2D eigenvalue weighted by atomic mass is 10.1. The molecular weight excluding hydrogens is 442 g/mol. The molecule has 35 heavy (non-hydrogen) atoms. The van der Waals surface area contributed by atoms with Crippen molar-refractivity contribution in [1.29, 1.82) is 5.26 Å². The maximum Gasteiger partial charge on any atom is 0.410 e. The molecule has 9 heteroatoms. The van der Waals surface area contributed by atoms with E-state index in [4.69, 9.17) is 9.72 Å². The van der Waals surface area contributed by atoms with Crippen molar-refractivity contribution in [3.63, 3.8) is 0 Å². The number of carbonyl (C=O) groups is 1. The van der Waals surface area contributed by atoms with E-state index in [-0.39, 0.29) is 12.1 Å². The van der Waals surface area contributed by atoms with Crippen molar-refractivity contribution in [2.24, 2.45) is 0 Å². The van der Waals surface area contributed by atoms with Crippen molar-refractivity contribution in [2.75, 3.05) is 42.5 Å². The first-order chi connectivity index (χ1) is 16.7. The minimum absolute atomic E-state index is 0.0227. The summed E-state index contributed by atoms with van der Waals surface area (Å²) in [6.07, 6.45) is 4.60. The summed E-state index contributed by atoms with van der Waals surface area (Å²) in [7, 11) is 0. The molecule has 3 aromatic rings. The molecule has 2 fully saturated rings. The molecule has 1 atom stereocenters. The van der Waals surface area contributed by atoms with Gasteiger partial charge in [0.1, 0.15) is 17.7 Å². The average molecular weight is 474 g/mol. The van der Waals surface area contributed by atoms with E-state index in [0.29, 0.717) is 25.2 Å². The van der Waals surface area contributed by atoms with Crippen molar-refractivity contribution >= 4 is 28.6 Å². The van der Waals surface area contributed by atoms with Gasteiger partial charge in [0, 0.05) is 50.6 Å². The van der Waals surface area contributed by atoms with Crippen molar-refractivity contribution in [3.8, 4) is 11.8 Å². The standard InChI is InChI=1S/C26H31N7O2/c1-18-15-31(11-12-32(18)25(34)35-26(2,3)4)23-22-21(30-9-6-10-30)16-33(24(22)29-17-28-23)20-8-5-7-19(13-20)14-27/h5,7-8,13,16-18H,6,9-12,15H2,1-4H3/t18-/m1/s1. The zero-order valence-corrected chi connectivity index (χ0v) is 20.7. The van der Waals surface area contributed by atoms with Crippen LogP contribution >= 0.6 is 0 Å². The first-order valence-electron chi connectivity index (χ1n) is 12.1. The molecule has 0 saturated carbocycles. The number of carbonyl (C=O) groups excluding carboxylic acids is 1. The Balaban J connectivity index is 1.51. The van der Waals surface area contributed by atoms with Gasteiger partial charge in [0.25, 0.3) is 0 Å². The smallest absolute Gasteiger partial charge is 0.410 e. The van der Waals surface area contributed by atoms with Crippen LogP contribution in [0.1, 0.15) is 39.7 Å². The van der Waals surface area contributed by atoms with Gasteiger partial charge in [-0.2, -0.15) is 5.26 Å². The zero-order valence-electron chi connectivity index (χ0n) is 20.7. The molecule has 0 N–H and O–H groups in total. The highest BCUT2D eigenvalue weighted by Gasteiger charge is 2.33. The van der Waals surface area contributed by atoms with E-state index < -0.39 is 5.60 Å². The van der Waals surface area contributed by atoms with Crippen LogP contribution in [0.3, 0.4) is 0 Å². The van der Waals surface area contributed by atoms with E-state index >= 15 is 0 Å². The molecule has 2 aromatic heterocycles. The van der Waals surface area contributed by atoms with Crippen LogP contribution in [0.4, 0.5) is 16.3 Å². The average Bonchev–Trinajstić information content (AvgIpc) is 3.16. The van der Waals surface area contributed by atoms with Crippen LogP contribution in [0.2, 0.25) is 0 Å². The Morgan fingerprint density at radius 1 is 1.14 bits per heavy atom. The van der Waals surface area contributed by atoms with Gasteiger partial charge in [-0.25, -0.2) is 14.8 Å². The van der Waals surface area contributed by atoms with Gasteiger partial charge < -0.3 is 19.4 Å². The quantitative estimate of drug-likeness (QED) is 0.569. The maximum absolute atomic E-state index is 12.7. The first-order valence-corrected chi connectivity index (χ1v) is 12.1. The largest absolute Gasteiger partial charge is 0.444 e. The van der Waals surface area contributed by atoms with Gasteiger partial charge in [-0.15, -0.1) is 0 Å². The van der Waals surface area contributed by atoms with Crippen LogP contribution in [0.15, 0.2) is 36.8 Å². The molecule has 0 bridgehead atoms. The lowest BCUT2D eigenvalue weighted by Crippen LogP contribution is -2.55. The molecule has 0 radical (unpaired) electrons. The van der Waals surface area contributed by atoms with Gasteiger partial charge in [-0.3, -0.25) is 4.57 Å². The summed E-state index contributed by atoms with van der Waals surface area (Å²) in [5.74, 6) is 0.878. The molecule has 2 aliphatic rings. The van der Waals surface area contributed by atoms with Gasteiger partial charge in [0.05, 0.1) is 22.7 Å². The number of anilines is 2. The third-order valence-electron chi connectivity index (χ3n) is 6.55. The van der Waals surface area contributed by atoms with E-state index in [1.54, 1.807) is 17.3 Å². The van der Waals surface area contributed by atoms with E-state index in [1.807, 2.05) is 45.9 Å². The number of rotatable bonds is 3. The fourth-order valence-corrected chi connectivity index (χ4v) is 4.73. The zero-order chi connectivity index (χ0) is 24.7.